The first-order chi connectivity index (χ1) is 21.9. The topological polar surface area (TPSA) is 185 Å². The van der Waals surface area contributed by atoms with Gasteiger partial charge in [0.25, 0.3) is 5.91 Å². The maximum atomic E-state index is 16.1. The molecule has 0 radical (unpaired) electrons. The maximum absolute atomic E-state index is 16.1. The number of aryl methyl sites for hydroxylation is 2. The van der Waals surface area contributed by atoms with Gasteiger partial charge in [-0.3, -0.25) is 20.2 Å². The Morgan fingerprint density at radius 2 is 1.93 bits per heavy atom. The zero-order valence-electron chi connectivity index (χ0n) is 25.3. The summed E-state index contributed by atoms with van der Waals surface area (Å²) >= 11 is 0. The number of aromatic nitrogens is 1. The summed E-state index contributed by atoms with van der Waals surface area (Å²) in [7, 11) is -4.42. The number of carboxylic acids is 1. The second-order valence-electron chi connectivity index (χ2n) is 11.0. The monoisotopic (exact) mass is 660 g/mol. The summed E-state index contributed by atoms with van der Waals surface area (Å²) in [6.07, 6.45) is 5.37. The summed E-state index contributed by atoms with van der Waals surface area (Å²) in [5, 5.41) is 20.7. The van der Waals surface area contributed by atoms with E-state index in [0.29, 0.717) is 19.4 Å². The van der Waals surface area contributed by atoms with Crippen LogP contribution in [0.2, 0.25) is 0 Å². The number of nitrogens with two attached hydrogens (primary N) is 1. The number of aliphatic carboxylic acids is 1. The Kier molecular flexibility index (Phi) is 11.3. The van der Waals surface area contributed by atoms with Gasteiger partial charge in [0.1, 0.15) is 17.7 Å². The Bertz CT molecular complexity index is 1780. The first-order valence-corrected chi connectivity index (χ1v) is 16.5. The highest BCUT2D eigenvalue weighted by Gasteiger charge is 2.47. The fourth-order valence-electron chi connectivity index (χ4n) is 5.07. The highest BCUT2D eigenvalue weighted by atomic mass is 32.2. The molecule has 2 heterocycles. The molecule has 1 amide bonds. The largest absolute Gasteiger partial charge is 0.479 e. The summed E-state index contributed by atoms with van der Waals surface area (Å²) in [5.41, 5.74) is 4.65. The number of carbonyl (C=O) groups is 2. The molecule has 0 spiro atoms. The molecule has 15 heteroatoms. The number of nitrogens with zero attached hydrogens (tertiary/aromatic N) is 1. The van der Waals surface area contributed by atoms with Gasteiger partial charge in [-0.1, -0.05) is 49.8 Å². The van der Waals surface area contributed by atoms with E-state index in [9.17, 15) is 27.9 Å². The van der Waals surface area contributed by atoms with Crippen molar-refractivity contribution < 1.29 is 31.9 Å². The van der Waals surface area contributed by atoms with Crippen LogP contribution in [-0.2, 0) is 34.0 Å². The normalized spacial score (nSPS) is 16.1. The summed E-state index contributed by atoms with van der Waals surface area (Å²) < 4.78 is 58.3. The highest BCUT2D eigenvalue weighted by molar-refractivity contribution is 7.93. The lowest BCUT2D eigenvalue weighted by Crippen LogP contribution is -2.62. The summed E-state index contributed by atoms with van der Waals surface area (Å²) in [4.78, 5) is 35.9. The van der Waals surface area contributed by atoms with Crippen molar-refractivity contribution in [1.29, 1.82) is 0 Å². The lowest BCUT2D eigenvalue weighted by Gasteiger charge is -2.25. The number of pyridine rings is 1. The van der Waals surface area contributed by atoms with E-state index in [4.69, 9.17) is 5.73 Å². The molecule has 1 aromatic heterocycles. The number of sulfone groups is 1. The molecular weight excluding hydrogens is 622 g/mol. The molecule has 12 nitrogen and oxygen atoms in total. The Morgan fingerprint density at radius 1 is 1.20 bits per heavy atom. The first-order valence-electron chi connectivity index (χ1n) is 14.9. The van der Waals surface area contributed by atoms with Crippen LogP contribution in [-0.4, -0.2) is 66.5 Å². The molecule has 4 rings (SSSR count). The zero-order valence-corrected chi connectivity index (χ0v) is 26.1. The van der Waals surface area contributed by atoms with Gasteiger partial charge in [-0.15, -0.1) is 0 Å². The molecule has 1 aliphatic rings. The second kappa shape index (κ2) is 14.9. The number of nitrogens with one attached hydrogen (secondary N) is 4. The van der Waals surface area contributed by atoms with Gasteiger partial charge in [0.2, 0.25) is 10.3 Å². The first kappa shape index (κ1) is 34.7. The van der Waals surface area contributed by atoms with Crippen LogP contribution >= 0.6 is 0 Å². The van der Waals surface area contributed by atoms with Crippen molar-refractivity contribution >= 4 is 32.6 Å². The van der Waals surface area contributed by atoms with E-state index in [0.717, 1.165) is 17.8 Å². The van der Waals surface area contributed by atoms with Crippen LogP contribution in [0.15, 0.2) is 59.7 Å². The predicted molar refractivity (Wildman–Crippen MR) is 170 cm³/mol. The predicted octanol–water partition coefficient (Wildman–Crippen LogP) is 1.33. The molecule has 1 aliphatic heterocycles. The van der Waals surface area contributed by atoms with Gasteiger partial charge in [0, 0.05) is 31.4 Å². The van der Waals surface area contributed by atoms with Crippen molar-refractivity contribution in [3.63, 3.8) is 0 Å². The molecule has 0 aliphatic carbocycles. The number of amides is 1. The average molecular weight is 661 g/mol. The van der Waals surface area contributed by atoms with Crippen LogP contribution in [0.25, 0.3) is 10.9 Å². The zero-order chi connectivity index (χ0) is 33.5. The van der Waals surface area contributed by atoms with Crippen LogP contribution in [0, 0.1) is 11.6 Å². The molecule has 0 bridgehead atoms. The summed E-state index contributed by atoms with van der Waals surface area (Å²) in [5.74, 6) is -5.47. The number of halogens is 2. The van der Waals surface area contributed by atoms with Crippen molar-refractivity contribution in [1.82, 2.24) is 25.8 Å². The Labute approximate surface area is 265 Å². The molecule has 0 fully saturated rings. The van der Waals surface area contributed by atoms with Crippen molar-refractivity contribution in [3.8, 4) is 0 Å². The number of unbranched alkanes of at least 4 members (excludes halogenated alkanes) is 1. The fraction of sp³-hybridized carbons (Fsp3) is 0.387. The number of fused-ring (bicyclic) bond motifs is 1. The van der Waals surface area contributed by atoms with Gasteiger partial charge in [0.05, 0.1) is 23.2 Å². The molecule has 7 N–H and O–H groups in total. The molecule has 2 unspecified atom stereocenters. The number of benzene rings is 2. The van der Waals surface area contributed by atoms with E-state index >= 15 is 8.78 Å². The van der Waals surface area contributed by atoms with Crippen molar-refractivity contribution in [3.05, 3.63) is 93.4 Å². The molecule has 3 aromatic rings. The minimum absolute atomic E-state index is 0.0490. The summed E-state index contributed by atoms with van der Waals surface area (Å²) in [6.45, 7) is 1.58. The van der Waals surface area contributed by atoms with Gasteiger partial charge in [-0.25, -0.2) is 22.0 Å². The quantitative estimate of drug-likeness (QED) is 0.139. The SMILES string of the molecule is CCCCS(=O)(=O)C(N)(CNC(=O)c1cn(CCc2ccccc2)c2c(F)c(CCNC3NC=CCN3)c(F)cc2c1=O)C(=O)O. The molecule has 2 aromatic carbocycles. The molecule has 0 saturated carbocycles. The molecule has 248 valence electrons. The van der Waals surface area contributed by atoms with Gasteiger partial charge in [-0.2, -0.15) is 0 Å². The molecule has 46 heavy (non-hydrogen) atoms. The third-order valence-corrected chi connectivity index (χ3v) is 10.1. The van der Waals surface area contributed by atoms with Crippen LogP contribution < -0.4 is 32.4 Å². The van der Waals surface area contributed by atoms with E-state index in [-0.39, 0.29) is 43.3 Å². The minimum Gasteiger partial charge on any atom is -0.479 e. The van der Waals surface area contributed by atoms with E-state index < -0.39 is 66.9 Å². The second-order valence-corrected chi connectivity index (χ2v) is 13.4. The molecular formula is C31H38F2N6O6S. The van der Waals surface area contributed by atoms with E-state index in [1.165, 1.54) is 4.57 Å². The van der Waals surface area contributed by atoms with Gasteiger partial charge in [0.15, 0.2) is 15.7 Å². The number of carbonyl (C=O) groups excluding carboxylic acids is 1. The highest BCUT2D eigenvalue weighted by Crippen LogP contribution is 2.24. The van der Waals surface area contributed by atoms with Crippen molar-refractivity contribution in [2.45, 2.75) is 50.3 Å². The van der Waals surface area contributed by atoms with Crippen LogP contribution in [0.5, 0.6) is 0 Å². The summed E-state index contributed by atoms with van der Waals surface area (Å²) in [6, 6.07) is 10.0. The van der Waals surface area contributed by atoms with E-state index in [2.05, 4.69) is 21.3 Å². The van der Waals surface area contributed by atoms with Crippen LogP contribution in [0.1, 0.15) is 41.3 Å². The number of carboxylic acid groups (broad SMARTS) is 1. The smallest absolute Gasteiger partial charge is 0.341 e. The number of rotatable bonds is 15. The van der Waals surface area contributed by atoms with E-state index in [1.54, 1.807) is 13.1 Å². The number of hydrogen-bond acceptors (Lipinski definition) is 9. The van der Waals surface area contributed by atoms with Crippen LogP contribution in [0.4, 0.5) is 8.78 Å². The van der Waals surface area contributed by atoms with Gasteiger partial charge >= 0.3 is 5.97 Å². The Morgan fingerprint density at radius 3 is 2.59 bits per heavy atom. The minimum atomic E-state index is -4.42. The fourth-order valence-corrected chi connectivity index (χ4v) is 6.66. The third kappa shape index (κ3) is 7.61. The third-order valence-electron chi connectivity index (χ3n) is 7.82. The van der Waals surface area contributed by atoms with E-state index in [1.807, 2.05) is 36.4 Å². The van der Waals surface area contributed by atoms with Crippen molar-refractivity contribution in [2.24, 2.45) is 5.73 Å². The molecule has 2 atom stereocenters. The Hall–Kier alpha value is -4.18. The number of hydrogen-bond donors (Lipinski definition) is 6. The average Bonchev–Trinajstić information content (AvgIpc) is 3.04. The maximum Gasteiger partial charge on any atom is 0.341 e. The van der Waals surface area contributed by atoms with Gasteiger partial charge in [-0.05, 0) is 37.1 Å². The van der Waals surface area contributed by atoms with Gasteiger partial charge < -0.3 is 26.0 Å². The lowest BCUT2D eigenvalue weighted by atomic mass is 10.0. The lowest BCUT2D eigenvalue weighted by molar-refractivity contribution is -0.139. The van der Waals surface area contributed by atoms with Crippen molar-refractivity contribution in [2.75, 3.05) is 25.4 Å². The standard InChI is InChI=1S/C31H38F2N6O6S/c1-2-3-16-46(44,45)31(34,29(42)43)19-38-28(41)23-18-39(15-11-20-8-5-4-6-9-20)26-22(27(23)40)17-24(32)21(25(26)33)10-14-37-30-35-12-7-13-36-30/h4-9,12,17-18,30,35-37H,2-3,10-11,13-16,19,34H2,1H3,(H,38,41)(H,42,43). The molecule has 0 saturated heterocycles. The Balaban J connectivity index is 1.70. The van der Waals surface area contributed by atoms with Crippen LogP contribution in [0.3, 0.4) is 0 Å².